The number of methoxy groups -OCH3 is 1. The van der Waals surface area contributed by atoms with E-state index in [1.54, 1.807) is 13.2 Å². The normalized spacial score (nSPS) is 10.2. The Kier molecular flexibility index (Phi) is 4.22. The highest BCUT2D eigenvalue weighted by molar-refractivity contribution is 9.10. The molecule has 0 fully saturated rings. The fourth-order valence-corrected chi connectivity index (χ4v) is 2.32. The lowest BCUT2D eigenvalue weighted by Crippen LogP contribution is -2.13. The molecule has 0 aliphatic carbocycles. The van der Waals surface area contributed by atoms with Crippen molar-refractivity contribution in [3.63, 3.8) is 0 Å². The Morgan fingerprint density at radius 2 is 1.95 bits per heavy atom. The van der Waals surface area contributed by atoms with Gasteiger partial charge in [-0.1, -0.05) is 40.2 Å². The summed E-state index contributed by atoms with van der Waals surface area (Å²) in [5.41, 5.74) is 7.85. The molecule has 2 aromatic carbocycles. The Balaban J connectivity index is 2.39. The molecule has 2 aromatic rings. The summed E-state index contributed by atoms with van der Waals surface area (Å²) >= 11 is 3.41. The Labute approximate surface area is 120 Å². The fraction of sp³-hybridized carbons (Fsp3) is 0.133. The minimum absolute atomic E-state index is 0.410. The lowest BCUT2D eigenvalue weighted by molar-refractivity contribution is 0.0999. The van der Waals surface area contributed by atoms with Crippen molar-refractivity contribution < 1.29 is 9.53 Å². The standard InChI is InChI=1S/C15H14BrNO2/c1-19-14-9-12(16)7-6-11(14)8-10-4-2-3-5-13(10)15(17)18/h2-7,9H,8H2,1H3,(H2,17,18). The monoisotopic (exact) mass is 319 g/mol. The zero-order valence-electron chi connectivity index (χ0n) is 10.5. The lowest BCUT2D eigenvalue weighted by Gasteiger charge is -2.11. The Morgan fingerprint density at radius 3 is 2.63 bits per heavy atom. The molecule has 0 spiro atoms. The summed E-state index contributed by atoms with van der Waals surface area (Å²) < 4.78 is 6.31. The molecule has 0 aliphatic rings. The molecular weight excluding hydrogens is 306 g/mol. The van der Waals surface area contributed by atoms with E-state index >= 15 is 0 Å². The van der Waals surface area contributed by atoms with Crippen molar-refractivity contribution in [3.05, 3.63) is 63.6 Å². The average molecular weight is 320 g/mol. The van der Waals surface area contributed by atoms with Gasteiger partial charge in [0.15, 0.2) is 0 Å². The summed E-state index contributed by atoms with van der Waals surface area (Å²) in [5.74, 6) is 0.375. The van der Waals surface area contributed by atoms with Crippen LogP contribution in [-0.4, -0.2) is 13.0 Å². The van der Waals surface area contributed by atoms with Crippen molar-refractivity contribution in [1.29, 1.82) is 0 Å². The Morgan fingerprint density at radius 1 is 1.21 bits per heavy atom. The molecule has 0 unspecified atom stereocenters. The van der Waals surface area contributed by atoms with Crippen molar-refractivity contribution in [2.45, 2.75) is 6.42 Å². The number of ether oxygens (including phenoxy) is 1. The number of carbonyl (C=O) groups excluding carboxylic acids is 1. The van der Waals surface area contributed by atoms with Crippen LogP contribution < -0.4 is 10.5 Å². The number of benzene rings is 2. The first-order chi connectivity index (χ1) is 9.11. The van der Waals surface area contributed by atoms with Gasteiger partial charge in [-0.15, -0.1) is 0 Å². The van der Waals surface area contributed by atoms with E-state index in [2.05, 4.69) is 15.9 Å². The third kappa shape index (κ3) is 3.15. The molecular formula is C15H14BrNO2. The van der Waals surface area contributed by atoms with E-state index in [0.717, 1.165) is 21.3 Å². The minimum atomic E-state index is -0.410. The van der Waals surface area contributed by atoms with E-state index in [9.17, 15) is 4.79 Å². The maximum atomic E-state index is 11.4. The van der Waals surface area contributed by atoms with E-state index in [1.807, 2.05) is 36.4 Å². The van der Waals surface area contributed by atoms with Gasteiger partial charge in [0.25, 0.3) is 0 Å². The van der Waals surface area contributed by atoms with E-state index in [4.69, 9.17) is 10.5 Å². The fourth-order valence-electron chi connectivity index (χ4n) is 1.98. The van der Waals surface area contributed by atoms with Gasteiger partial charge in [-0.05, 0) is 29.3 Å². The Bertz CT molecular complexity index is 611. The van der Waals surface area contributed by atoms with Gasteiger partial charge in [0.1, 0.15) is 5.75 Å². The van der Waals surface area contributed by atoms with Crippen molar-refractivity contribution >= 4 is 21.8 Å². The third-order valence-electron chi connectivity index (χ3n) is 2.91. The van der Waals surface area contributed by atoms with Crippen molar-refractivity contribution in [1.82, 2.24) is 0 Å². The van der Waals surface area contributed by atoms with E-state index in [0.29, 0.717) is 12.0 Å². The number of rotatable bonds is 4. The predicted molar refractivity (Wildman–Crippen MR) is 78.5 cm³/mol. The lowest BCUT2D eigenvalue weighted by atomic mass is 9.99. The van der Waals surface area contributed by atoms with Gasteiger partial charge in [-0.3, -0.25) is 4.79 Å². The van der Waals surface area contributed by atoms with Gasteiger partial charge in [-0.25, -0.2) is 0 Å². The molecule has 4 heteroatoms. The van der Waals surface area contributed by atoms with E-state index in [-0.39, 0.29) is 0 Å². The van der Waals surface area contributed by atoms with Crippen LogP contribution in [0.15, 0.2) is 46.9 Å². The molecule has 3 nitrogen and oxygen atoms in total. The van der Waals surface area contributed by atoms with Crippen LogP contribution in [0.4, 0.5) is 0 Å². The molecule has 0 saturated heterocycles. The SMILES string of the molecule is COc1cc(Br)ccc1Cc1ccccc1C(N)=O. The number of hydrogen-bond donors (Lipinski definition) is 1. The molecule has 98 valence electrons. The van der Waals surface area contributed by atoms with Gasteiger partial charge in [0.2, 0.25) is 5.91 Å². The second-order valence-corrected chi connectivity index (χ2v) is 5.07. The van der Waals surface area contributed by atoms with Crippen LogP contribution in [-0.2, 0) is 6.42 Å². The first-order valence-electron chi connectivity index (χ1n) is 5.82. The van der Waals surface area contributed by atoms with Crippen LogP contribution in [0, 0.1) is 0 Å². The number of hydrogen-bond acceptors (Lipinski definition) is 2. The van der Waals surface area contributed by atoms with Crippen molar-refractivity contribution in [3.8, 4) is 5.75 Å². The average Bonchev–Trinajstić information content (AvgIpc) is 2.41. The zero-order chi connectivity index (χ0) is 13.8. The number of primary amides is 1. The molecule has 19 heavy (non-hydrogen) atoms. The predicted octanol–water partition coefficient (Wildman–Crippen LogP) is 3.15. The molecule has 0 saturated carbocycles. The Hall–Kier alpha value is -1.81. The van der Waals surface area contributed by atoms with Crippen LogP contribution in [0.5, 0.6) is 5.75 Å². The number of carbonyl (C=O) groups is 1. The highest BCUT2D eigenvalue weighted by Crippen LogP contribution is 2.26. The van der Waals surface area contributed by atoms with Gasteiger partial charge < -0.3 is 10.5 Å². The van der Waals surface area contributed by atoms with Crippen molar-refractivity contribution in [2.24, 2.45) is 5.73 Å². The highest BCUT2D eigenvalue weighted by atomic mass is 79.9. The molecule has 0 atom stereocenters. The summed E-state index contributed by atoms with van der Waals surface area (Å²) in [4.78, 5) is 11.4. The van der Waals surface area contributed by atoms with Crippen LogP contribution in [0.2, 0.25) is 0 Å². The largest absolute Gasteiger partial charge is 0.496 e. The molecule has 1 amide bonds. The third-order valence-corrected chi connectivity index (χ3v) is 3.41. The van der Waals surface area contributed by atoms with Crippen LogP contribution >= 0.6 is 15.9 Å². The van der Waals surface area contributed by atoms with Crippen LogP contribution in [0.25, 0.3) is 0 Å². The number of halogens is 1. The first kappa shape index (κ1) is 13.6. The summed E-state index contributed by atoms with van der Waals surface area (Å²) in [6.45, 7) is 0. The second kappa shape index (κ2) is 5.89. The molecule has 2 rings (SSSR count). The highest BCUT2D eigenvalue weighted by Gasteiger charge is 2.10. The topological polar surface area (TPSA) is 52.3 Å². The first-order valence-corrected chi connectivity index (χ1v) is 6.61. The second-order valence-electron chi connectivity index (χ2n) is 4.15. The quantitative estimate of drug-likeness (QED) is 0.941. The van der Waals surface area contributed by atoms with E-state index in [1.165, 1.54) is 0 Å². The van der Waals surface area contributed by atoms with Gasteiger partial charge in [-0.2, -0.15) is 0 Å². The molecule has 0 bridgehead atoms. The van der Waals surface area contributed by atoms with Gasteiger partial charge in [0, 0.05) is 16.5 Å². The van der Waals surface area contributed by atoms with Gasteiger partial charge in [0.05, 0.1) is 7.11 Å². The van der Waals surface area contributed by atoms with Crippen LogP contribution in [0.1, 0.15) is 21.5 Å². The minimum Gasteiger partial charge on any atom is -0.496 e. The molecule has 2 N–H and O–H groups in total. The number of nitrogens with two attached hydrogens (primary N) is 1. The van der Waals surface area contributed by atoms with Crippen molar-refractivity contribution in [2.75, 3.05) is 7.11 Å². The van der Waals surface area contributed by atoms with Crippen LogP contribution in [0.3, 0.4) is 0 Å². The summed E-state index contributed by atoms with van der Waals surface area (Å²) in [5, 5.41) is 0. The maximum Gasteiger partial charge on any atom is 0.248 e. The number of amides is 1. The smallest absolute Gasteiger partial charge is 0.248 e. The molecule has 0 heterocycles. The maximum absolute atomic E-state index is 11.4. The molecule has 0 aliphatic heterocycles. The molecule has 0 aromatic heterocycles. The zero-order valence-corrected chi connectivity index (χ0v) is 12.1. The molecule has 0 radical (unpaired) electrons. The van der Waals surface area contributed by atoms with E-state index < -0.39 is 5.91 Å². The summed E-state index contributed by atoms with van der Waals surface area (Å²) in [6.07, 6.45) is 0.607. The summed E-state index contributed by atoms with van der Waals surface area (Å²) in [6, 6.07) is 13.2. The van der Waals surface area contributed by atoms with Gasteiger partial charge >= 0.3 is 0 Å². The summed E-state index contributed by atoms with van der Waals surface area (Å²) in [7, 11) is 1.63.